The van der Waals surface area contributed by atoms with Crippen LogP contribution in [0.2, 0.25) is 0 Å². The van der Waals surface area contributed by atoms with Crippen molar-refractivity contribution in [3.05, 3.63) is 75.4 Å². The number of anilines is 1. The summed E-state index contributed by atoms with van der Waals surface area (Å²) in [5, 5.41) is 0. The van der Waals surface area contributed by atoms with E-state index in [1.165, 1.54) is 21.3 Å². The van der Waals surface area contributed by atoms with E-state index in [9.17, 15) is 4.79 Å². The van der Waals surface area contributed by atoms with Crippen LogP contribution >= 0.6 is 0 Å². The number of nitrogens with zero attached hydrogens (tertiary/aromatic N) is 2. The van der Waals surface area contributed by atoms with Crippen molar-refractivity contribution in [2.45, 2.75) is 46.5 Å². The maximum Gasteiger partial charge on any atom is 0.354 e. The molecule has 0 saturated heterocycles. The molecule has 0 aliphatic rings. The zero-order valence-corrected chi connectivity index (χ0v) is 16.5. The van der Waals surface area contributed by atoms with Gasteiger partial charge in [-0.2, -0.15) is 4.98 Å². The van der Waals surface area contributed by atoms with Crippen LogP contribution in [0.25, 0.3) is 5.69 Å². The van der Waals surface area contributed by atoms with Gasteiger partial charge in [0, 0.05) is 17.7 Å². The highest BCUT2D eigenvalue weighted by Gasteiger charge is 2.18. The van der Waals surface area contributed by atoms with Crippen molar-refractivity contribution in [1.82, 2.24) is 9.55 Å². The van der Waals surface area contributed by atoms with E-state index in [0.29, 0.717) is 5.57 Å². The minimum Gasteiger partial charge on any atom is -0.383 e. The number of nitrogen functional groups attached to an aromatic ring is 1. The highest BCUT2D eigenvalue weighted by Crippen LogP contribution is 2.35. The Kier molecular flexibility index (Phi) is 6.41. The lowest BCUT2D eigenvalue weighted by Gasteiger charge is -2.23. The lowest BCUT2D eigenvalue weighted by molar-refractivity contribution is 0.677. The molecule has 4 nitrogen and oxygen atoms in total. The van der Waals surface area contributed by atoms with Crippen LogP contribution in [0.1, 0.15) is 50.7 Å². The highest BCUT2D eigenvalue weighted by molar-refractivity contribution is 5.49. The van der Waals surface area contributed by atoms with Crippen LogP contribution in [0, 0.1) is 19.3 Å². The molecule has 0 amide bonds. The van der Waals surface area contributed by atoms with Crippen molar-refractivity contribution in [2.75, 3.05) is 5.73 Å². The molecule has 0 fully saturated rings. The summed E-state index contributed by atoms with van der Waals surface area (Å²) >= 11 is 0. The second-order valence-corrected chi connectivity index (χ2v) is 6.82. The summed E-state index contributed by atoms with van der Waals surface area (Å²) in [6.07, 6.45) is 9.22. The number of rotatable bonds is 6. The van der Waals surface area contributed by atoms with Gasteiger partial charge in [-0.3, -0.25) is 4.57 Å². The van der Waals surface area contributed by atoms with Crippen LogP contribution in [-0.4, -0.2) is 9.55 Å². The molecule has 2 aromatic rings. The number of aromatic nitrogens is 2. The zero-order chi connectivity index (χ0) is 20.1. The van der Waals surface area contributed by atoms with E-state index in [0.717, 1.165) is 24.1 Å². The monoisotopic (exact) mass is 361 g/mol. The summed E-state index contributed by atoms with van der Waals surface area (Å²) in [7, 11) is 0. The molecular formula is C23H27N3O. The molecule has 1 unspecified atom stereocenters. The molecule has 0 aliphatic carbocycles. The fraction of sp³-hybridized carbons (Fsp3) is 0.304. The molecule has 1 aromatic carbocycles. The number of benzene rings is 1. The smallest absolute Gasteiger partial charge is 0.354 e. The van der Waals surface area contributed by atoms with E-state index in [-0.39, 0.29) is 17.4 Å². The predicted octanol–water partition coefficient (Wildman–Crippen LogP) is 4.53. The molecule has 0 aliphatic heterocycles. The minimum absolute atomic E-state index is 0.206. The first-order valence-corrected chi connectivity index (χ1v) is 9.09. The molecule has 0 bridgehead atoms. The summed E-state index contributed by atoms with van der Waals surface area (Å²) in [5.41, 5.74) is 11.3. The van der Waals surface area contributed by atoms with Gasteiger partial charge in [0.05, 0.1) is 5.69 Å². The number of allylic oxidation sites excluding steroid dienone is 3. The molecule has 0 spiro atoms. The van der Waals surface area contributed by atoms with E-state index in [4.69, 9.17) is 12.2 Å². The van der Waals surface area contributed by atoms with Crippen LogP contribution in [0.3, 0.4) is 0 Å². The Balaban J connectivity index is 2.62. The van der Waals surface area contributed by atoms with Crippen molar-refractivity contribution in [1.29, 1.82) is 0 Å². The van der Waals surface area contributed by atoms with Gasteiger partial charge in [0.2, 0.25) is 0 Å². The Hall–Kier alpha value is -3.06. The van der Waals surface area contributed by atoms with Crippen LogP contribution < -0.4 is 11.4 Å². The zero-order valence-electron chi connectivity index (χ0n) is 16.5. The second-order valence-electron chi connectivity index (χ2n) is 6.82. The van der Waals surface area contributed by atoms with Gasteiger partial charge in [0.1, 0.15) is 5.82 Å². The third-order valence-electron chi connectivity index (χ3n) is 5.06. The normalized spacial score (nSPS) is 12.9. The fourth-order valence-corrected chi connectivity index (χ4v) is 3.27. The molecule has 4 heteroatoms. The molecule has 1 atom stereocenters. The van der Waals surface area contributed by atoms with Crippen molar-refractivity contribution in [3.63, 3.8) is 0 Å². The number of hydrogen-bond donors (Lipinski definition) is 1. The first-order valence-electron chi connectivity index (χ1n) is 9.09. The second kappa shape index (κ2) is 8.55. The van der Waals surface area contributed by atoms with Gasteiger partial charge < -0.3 is 5.73 Å². The molecule has 1 heterocycles. The standard InChI is InChI=1S/C23H27N3O/c1-7-9-20(18(6)17(5)15(3)8-2)21-14-19(11-10-16(21)4)26-13-12-22(24)25-23(26)27/h2,10-14,20H,3,7,9H2,1,4-6H3,(H2,24,25,27)/b18-17-. The summed E-state index contributed by atoms with van der Waals surface area (Å²) in [6, 6.07) is 7.64. The number of nitrogens with two attached hydrogens (primary N) is 1. The lowest BCUT2D eigenvalue weighted by atomic mass is 9.82. The van der Waals surface area contributed by atoms with Crippen LogP contribution in [-0.2, 0) is 0 Å². The van der Waals surface area contributed by atoms with E-state index in [2.05, 4.69) is 44.3 Å². The van der Waals surface area contributed by atoms with Crippen molar-refractivity contribution < 1.29 is 0 Å². The lowest BCUT2D eigenvalue weighted by Crippen LogP contribution is -2.22. The summed E-state index contributed by atoms with van der Waals surface area (Å²) < 4.78 is 1.51. The number of aryl methyl sites for hydroxylation is 1. The molecule has 1 aromatic heterocycles. The van der Waals surface area contributed by atoms with Crippen LogP contribution in [0.5, 0.6) is 0 Å². The van der Waals surface area contributed by atoms with Crippen molar-refractivity contribution in [2.24, 2.45) is 0 Å². The average molecular weight is 361 g/mol. The third kappa shape index (κ3) is 4.38. The van der Waals surface area contributed by atoms with Crippen molar-refractivity contribution >= 4 is 5.82 Å². The minimum atomic E-state index is -0.388. The molecule has 0 radical (unpaired) electrons. The predicted molar refractivity (Wildman–Crippen MR) is 113 cm³/mol. The first kappa shape index (κ1) is 20.3. The fourth-order valence-electron chi connectivity index (χ4n) is 3.27. The van der Waals surface area contributed by atoms with E-state index in [1.807, 2.05) is 19.1 Å². The number of hydrogen-bond acceptors (Lipinski definition) is 3. The molecule has 0 saturated carbocycles. The Labute approximate surface area is 161 Å². The molecule has 2 N–H and O–H groups in total. The Bertz CT molecular complexity index is 989. The van der Waals surface area contributed by atoms with Crippen LogP contribution in [0.4, 0.5) is 5.82 Å². The summed E-state index contributed by atoms with van der Waals surface area (Å²) in [6.45, 7) is 12.4. The Morgan fingerprint density at radius 3 is 2.67 bits per heavy atom. The average Bonchev–Trinajstić information content (AvgIpc) is 2.65. The van der Waals surface area contributed by atoms with E-state index < -0.39 is 0 Å². The van der Waals surface area contributed by atoms with E-state index in [1.54, 1.807) is 12.3 Å². The van der Waals surface area contributed by atoms with Gasteiger partial charge in [-0.1, -0.05) is 37.5 Å². The topological polar surface area (TPSA) is 60.9 Å². The maximum absolute atomic E-state index is 12.2. The summed E-state index contributed by atoms with van der Waals surface area (Å²) in [4.78, 5) is 16.1. The quantitative estimate of drug-likeness (QED) is 0.607. The molecular weight excluding hydrogens is 334 g/mol. The van der Waals surface area contributed by atoms with Gasteiger partial charge in [-0.05, 0) is 62.1 Å². The van der Waals surface area contributed by atoms with Gasteiger partial charge in [-0.15, -0.1) is 6.42 Å². The van der Waals surface area contributed by atoms with Crippen molar-refractivity contribution in [3.8, 4) is 18.0 Å². The van der Waals surface area contributed by atoms with Gasteiger partial charge in [0.15, 0.2) is 0 Å². The highest BCUT2D eigenvalue weighted by atomic mass is 16.1. The number of terminal acetylenes is 1. The van der Waals surface area contributed by atoms with Crippen LogP contribution in [0.15, 0.2) is 58.6 Å². The molecule has 140 valence electrons. The third-order valence-corrected chi connectivity index (χ3v) is 5.06. The largest absolute Gasteiger partial charge is 0.383 e. The van der Waals surface area contributed by atoms with Gasteiger partial charge in [-0.25, -0.2) is 4.79 Å². The SMILES string of the molecule is C#CC(=C)/C(C)=C(/C)C(CCC)c1cc(-n2ccc(N)nc2=O)ccc1C. The van der Waals surface area contributed by atoms with Gasteiger partial charge in [0.25, 0.3) is 0 Å². The maximum atomic E-state index is 12.2. The summed E-state index contributed by atoms with van der Waals surface area (Å²) in [5.74, 6) is 3.06. The molecule has 27 heavy (non-hydrogen) atoms. The van der Waals surface area contributed by atoms with E-state index >= 15 is 0 Å². The van der Waals surface area contributed by atoms with Gasteiger partial charge >= 0.3 is 5.69 Å². The Morgan fingerprint density at radius 2 is 2.07 bits per heavy atom. The Morgan fingerprint density at radius 1 is 1.37 bits per heavy atom. The first-order chi connectivity index (χ1) is 12.8. The molecule has 2 rings (SSSR count).